The van der Waals surface area contributed by atoms with Crippen molar-refractivity contribution < 1.29 is 19.4 Å². The van der Waals surface area contributed by atoms with E-state index in [1.54, 1.807) is 24.3 Å². The Morgan fingerprint density at radius 2 is 1.82 bits per heavy atom. The molecule has 5 heteroatoms. The first-order chi connectivity index (χ1) is 10.4. The first-order valence-electron chi connectivity index (χ1n) is 7.63. The average Bonchev–Trinajstić information content (AvgIpc) is 2.44. The summed E-state index contributed by atoms with van der Waals surface area (Å²) in [5.41, 5.74) is 0.735. The zero-order valence-corrected chi connectivity index (χ0v) is 13.5. The minimum absolute atomic E-state index is 0.0105. The van der Waals surface area contributed by atoms with Crippen molar-refractivity contribution in [3.05, 3.63) is 24.3 Å². The number of carbonyl (C=O) groups excluding carboxylic acids is 1. The largest absolute Gasteiger partial charge is 0.494 e. The SMILES string of the molecule is CC(C)C(C)CC(=O)Nc1ccc(OCCCC(=O)O)cc1. The van der Waals surface area contributed by atoms with E-state index in [9.17, 15) is 9.59 Å². The molecule has 0 radical (unpaired) electrons. The fraction of sp³-hybridized carbons (Fsp3) is 0.529. The number of carboxylic acids is 1. The van der Waals surface area contributed by atoms with Crippen LogP contribution in [-0.2, 0) is 9.59 Å². The molecule has 1 rings (SSSR count). The van der Waals surface area contributed by atoms with Crippen LogP contribution >= 0.6 is 0 Å². The molecule has 0 fully saturated rings. The molecule has 0 saturated heterocycles. The summed E-state index contributed by atoms with van der Waals surface area (Å²) in [5, 5.41) is 11.4. The molecule has 1 amide bonds. The number of ether oxygens (including phenoxy) is 1. The van der Waals surface area contributed by atoms with Crippen LogP contribution in [0.25, 0.3) is 0 Å². The highest BCUT2D eigenvalue weighted by Crippen LogP contribution is 2.18. The maximum Gasteiger partial charge on any atom is 0.303 e. The third-order valence-electron chi connectivity index (χ3n) is 3.59. The van der Waals surface area contributed by atoms with E-state index >= 15 is 0 Å². The second-order valence-electron chi connectivity index (χ2n) is 5.84. The first kappa shape index (κ1) is 18.0. The van der Waals surface area contributed by atoms with Crippen LogP contribution in [0.1, 0.15) is 40.0 Å². The van der Waals surface area contributed by atoms with Gasteiger partial charge in [-0.05, 0) is 42.5 Å². The molecule has 0 aromatic heterocycles. The number of carboxylic acid groups (broad SMARTS) is 1. The molecule has 0 aliphatic rings. The van der Waals surface area contributed by atoms with Gasteiger partial charge >= 0.3 is 5.97 Å². The van der Waals surface area contributed by atoms with Crippen molar-refractivity contribution in [3.63, 3.8) is 0 Å². The van der Waals surface area contributed by atoms with Gasteiger partial charge in [-0.3, -0.25) is 9.59 Å². The van der Waals surface area contributed by atoms with Crippen molar-refractivity contribution in [1.82, 2.24) is 0 Å². The first-order valence-corrected chi connectivity index (χ1v) is 7.63. The third-order valence-corrected chi connectivity index (χ3v) is 3.59. The zero-order chi connectivity index (χ0) is 16.5. The molecular weight excluding hydrogens is 282 g/mol. The van der Waals surface area contributed by atoms with Gasteiger partial charge in [-0.2, -0.15) is 0 Å². The summed E-state index contributed by atoms with van der Waals surface area (Å²) in [7, 11) is 0. The van der Waals surface area contributed by atoms with Crippen molar-refractivity contribution in [2.24, 2.45) is 11.8 Å². The van der Waals surface area contributed by atoms with Gasteiger partial charge in [0.05, 0.1) is 6.61 Å². The quantitative estimate of drug-likeness (QED) is 0.684. The predicted molar refractivity (Wildman–Crippen MR) is 86.1 cm³/mol. The number of rotatable bonds is 9. The molecule has 1 unspecified atom stereocenters. The lowest BCUT2D eigenvalue weighted by molar-refractivity contribution is -0.137. The summed E-state index contributed by atoms with van der Waals surface area (Å²) < 4.78 is 5.44. The summed E-state index contributed by atoms with van der Waals surface area (Å²) in [6.07, 6.45) is 1.08. The highest BCUT2D eigenvalue weighted by Gasteiger charge is 2.12. The van der Waals surface area contributed by atoms with Gasteiger partial charge in [0.2, 0.25) is 5.91 Å². The molecular formula is C17H25NO4. The monoisotopic (exact) mass is 307 g/mol. The van der Waals surface area contributed by atoms with Gasteiger partial charge in [-0.15, -0.1) is 0 Å². The third kappa shape index (κ3) is 7.11. The van der Waals surface area contributed by atoms with Crippen molar-refractivity contribution in [2.45, 2.75) is 40.0 Å². The van der Waals surface area contributed by atoms with E-state index < -0.39 is 5.97 Å². The van der Waals surface area contributed by atoms with Crippen LogP contribution < -0.4 is 10.1 Å². The molecule has 1 aromatic carbocycles. The maximum absolute atomic E-state index is 11.9. The molecule has 1 atom stereocenters. The van der Waals surface area contributed by atoms with Crippen LogP contribution in [0.4, 0.5) is 5.69 Å². The maximum atomic E-state index is 11.9. The number of nitrogens with one attached hydrogen (secondary N) is 1. The van der Waals surface area contributed by atoms with Gasteiger partial charge in [-0.25, -0.2) is 0 Å². The number of hydrogen-bond donors (Lipinski definition) is 2. The number of hydrogen-bond acceptors (Lipinski definition) is 3. The zero-order valence-electron chi connectivity index (χ0n) is 13.5. The van der Waals surface area contributed by atoms with E-state index in [1.807, 2.05) is 0 Å². The number of carbonyl (C=O) groups is 2. The summed E-state index contributed by atoms with van der Waals surface area (Å²) in [6, 6.07) is 7.10. The van der Waals surface area contributed by atoms with Crippen LogP contribution in [0.3, 0.4) is 0 Å². The van der Waals surface area contributed by atoms with Gasteiger partial charge in [0.1, 0.15) is 5.75 Å². The summed E-state index contributed by atoms with van der Waals surface area (Å²) >= 11 is 0. The van der Waals surface area contributed by atoms with E-state index in [2.05, 4.69) is 26.1 Å². The van der Waals surface area contributed by atoms with Crippen LogP contribution in [-0.4, -0.2) is 23.6 Å². The van der Waals surface area contributed by atoms with Gasteiger partial charge < -0.3 is 15.2 Å². The topological polar surface area (TPSA) is 75.6 Å². The van der Waals surface area contributed by atoms with Crippen LogP contribution in [0.15, 0.2) is 24.3 Å². The number of aliphatic carboxylic acids is 1. The summed E-state index contributed by atoms with van der Waals surface area (Å²) in [4.78, 5) is 22.3. The highest BCUT2D eigenvalue weighted by atomic mass is 16.5. The van der Waals surface area contributed by atoms with Crippen LogP contribution in [0.5, 0.6) is 5.75 Å². The smallest absolute Gasteiger partial charge is 0.303 e. The molecule has 0 aliphatic carbocycles. The molecule has 0 aliphatic heterocycles. The Morgan fingerprint density at radius 3 is 2.36 bits per heavy atom. The van der Waals surface area contributed by atoms with E-state index in [1.165, 1.54) is 0 Å². The Morgan fingerprint density at radius 1 is 1.18 bits per heavy atom. The fourth-order valence-electron chi connectivity index (χ4n) is 1.79. The minimum Gasteiger partial charge on any atom is -0.494 e. The Bertz CT molecular complexity index is 482. The van der Waals surface area contributed by atoms with E-state index in [4.69, 9.17) is 9.84 Å². The van der Waals surface area contributed by atoms with Crippen molar-refractivity contribution in [3.8, 4) is 5.75 Å². The standard InChI is InChI=1S/C17H25NO4/c1-12(2)13(3)11-16(19)18-14-6-8-15(9-7-14)22-10-4-5-17(20)21/h6-9,12-13H,4-5,10-11H2,1-3H3,(H,18,19)(H,20,21). The van der Waals surface area contributed by atoms with E-state index in [-0.39, 0.29) is 12.3 Å². The molecule has 0 heterocycles. The van der Waals surface area contributed by atoms with Crippen molar-refractivity contribution in [2.75, 3.05) is 11.9 Å². The lowest BCUT2D eigenvalue weighted by Gasteiger charge is -2.15. The molecule has 22 heavy (non-hydrogen) atoms. The Labute approximate surface area is 131 Å². The normalized spacial score (nSPS) is 12.0. The summed E-state index contributed by atoms with van der Waals surface area (Å²) in [6.45, 7) is 6.64. The second kappa shape index (κ2) is 9.07. The number of amides is 1. The number of benzene rings is 1. The predicted octanol–water partition coefficient (Wildman–Crippen LogP) is 3.55. The molecule has 5 nitrogen and oxygen atoms in total. The average molecular weight is 307 g/mol. The van der Waals surface area contributed by atoms with Crippen LogP contribution in [0, 0.1) is 11.8 Å². The van der Waals surface area contributed by atoms with Gasteiger partial charge in [0.15, 0.2) is 0 Å². The lowest BCUT2D eigenvalue weighted by Crippen LogP contribution is -2.17. The summed E-state index contributed by atoms with van der Waals surface area (Å²) in [5.74, 6) is 0.678. The van der Waals surface area contributed by atoms with E-state index in [0.717, 1.165) is 5.69 Å². The Balaban J connectivity index is 2.38. The fourth-order valence-corrected chi connectivity index (χ4v) is 1.79. The van der Waals surface area contributed by atoms with Crippen LogP contribution in [0.2, 0.25) is 0 Å². The van der Waals surface area contributed by atoms with Gasteiger partial charge in [0.25, 0.3) is 0 Å². The molecule has 122 valence electrons. The number of anilines is 1. The van der Waals surface area contributed by atoms with Crippen molar-refractivity contribution in [1.29, 1.82) is 0 Å². The second-order valence-corrected chi connectivity index (χ2v) is 5.84. The molecule has 0 saturated carbocycles. The Kier molecular flexibility index (Phi) is 7.43. The van der Waals surface area contributed by atoms with Gasteiger partial charge in [-0.1, -0.05) is 20.8 Å². The van der Waals surface area contributed by atoms with E-state index in [0.29, 0.717) is 37.0 Å². The molecule has 0 bridgehead atoms. The van der Waals surface area contributed by atoms with Gasteiger partial charge in [0, 0.05) is 18.5 Å². The molecule has 2 N–H and O–H groups in total. The lowest BCUT2D eigenvalue weighted by atomic mass is 9.94. The van der Waals surface area contributed by atoms with Crippen molar-refractivity contribution >= 4 is 17.6 Å². The molecule has 1 aromatic rings. The highest BCUT2D eigenvalue weighted by molar-refractivity contribution is 5.90. The Hall–Kier alpha value is -2.04. The molecule has 0 spiro atoms. The minimum atomic E-state index is -0.822.